The van der Waals surface area contributed by atoms with Gasteiger partial charge in [0.25, 0.3) is 0 Å². The van der Waals surface area contributed by atoms with Gasteiger partial charge in [-0.15, -0.1) is 0 Å². The summed E-state index contributed by atoms with van der Waals surface area (Å²) < 4.78 is 9.56. The molecule has 0 spiro atoms. The first-order valence-corrected chi connectivity index (χ1v) is 11.5. The van der Waals surface area contributed by atoms with Crippen molar-refractivity contribution in [3.63, 3.8) is 0 Å². The summed E-state index contributed by atoms with van der Waals surface area (Å²) in [6, 6.07) is 18.8. The number of nitrogens with zero attached hydrogens (tertiary/aromatic N) is 3. The number of aromatic nitrogens is 2. The van der Waals surface area contributed by atoms with Gasteiger partial charge >= 0.3 is 0 Å². The zero-order valence-electron chi connectivity index (χ0n) is 16.7. The highest BCUT2D eigenvalue weighted by molar-refractivity contribution is 14.1. The van der Waals surface area contributed by atoms with Gasteiger partial charge in [-0.2, -0.15) is 5.10 Å². The maximum atomic E-state index is 6.10. The fourth-order valence-corrected chi connectivity index (χ4v) is 5.24. The van der Waals surface area contributed by atoms with Gasteiger partial charge in [-0.3, -0.25) is 0 Å². The molecule has 2 aliphatic rings. The van der Waals surface area contributed by atoms with Gasteiger partial charge in [-0.25, -0.2) is 4.68 Å². The summed E-state index contributed by atoms with van der Waals surface area (Å²) in [6.07, 6.45) is 3.66. The van der Waals surface area contributed by atoms with Crippen LogP contribution < -0.4 is 4.74 Å². The molecule has 5 rings (SSSR count). The Balaban J connectivity index is 1.55. The van der Waals surface area contributed by atoms with Crippen molar-refractivity contribution in [3.05, 3.63) is 75.1 Å². The average molecular weight is 499 g/mol. The number of ether oxygens (including phenoxy) is 1. The summed E-state index contributed by atoms with van der Waals surface area (Å²) in [6.45, 7) is 2.85. The van der Waals surface area contributed by atoms with Crippen LogP contribution in [0.25, 0.3) is 5.69 Å². The van der Waals surface area contributed by atoms with Crippen molar-refractivity contribution in [2.24, 2.45) is 5.92 Å². The van der Waals surface area contributed by atoms with Crippen molar-refractivity contribution in [1.82, 2.24) is 14.7 Å². The summed E-state index contributed by atoms with van der Waals surface area (Å²) in [4.78, 5) is 2.47. The van der Waals surface area contributed by atoms with E-state index in [0.717, 1.165) is 36.0 Å². The van der Waals surface area contributed by atoms with E-state index in [4.69, 9.17) is 9.84 Å². The highest BCUT2D eigenvalue weighted by Crippen LogP contribution is 2.43. The maximum Gasteiger partial charge on any atom is 0.132 e. The fraction of sp³-hybridized carbons (Fsp3) is 0.375. The molecule has 0 amide bonds. The Labute approximate surface area is 186 Å². The van der Waals surface area contributed by atoms with Crippen LogP contribution in [0.5, 0.6) is 5.75 Å². The predicted molar refractivity (Wildman–Crippen MR) is 124 cm³/mol. The molecule has 1 fully saturated rings. The summed E-state index contributed by atoms with van der Waals surface area (Å²) in [7, 11) is 2.25. The van der Waals surface area contributed by atoms with Crippen molar-refractivity contribution < 1.29 is 4.74 Å². The molecule has 1 aliphatic carbocycles. The van der Waals surface area contributed by atoms with Gasteiger partial charge in [0.2, 0.25) is 0 Å². The number of halogens is 1. The third-order valence-corrected chi connectivity index (χ3v) is 7.09. The van der Waals surface area contributed by atoms with Crippen LogP contribution in [0.2, 0.25) is 0 Å². The Morgan fingerprint density at radius 1 is 1.07 bits per heavy atom. The number of hydrogen-bond donors (Lipinski definition) is 0. The van der Waals surface area contributed by atoms with E-state index < -0.39 is 0 Å². The normalized spacial score (nSPS) is 21.4. The Bertz CT molecular complexity index is 983. The largest absolute Gasteiger partial charge is 0.487 e. The van der Waals surface area contributed by atoms with Gasteiger partial charge in [0.15, 0.2) is 0 Å². The summed E-state index contributed by atoms with van der Waals surface area (Å²) in [5.41, 5.74) is 5.08. The zero-order chi connectivity index (χ0) is 19.8. The number of hydrogen-bond acceptors (Lipinski definition) is 3. The van der Waals surface area contributed by atoms with Crippen LogP contribution in [0.15, 0.2) is 54.6 Å². The minimum absolute atomic E-state index is 0.525. The molecule has 1 aromatic heterocycles. The van der Waals surface area contributed by atoms with Crippen LogP contribution in [0.3, 0.4) is 0 Å². The highest BCUT2D eigenvalue weighted by atomic mass is 127. The molecule has 0 saturated carbocycles. The topological polar surface area (TPSA) is 30.3 Å². The van der Waals surface area contributed by atoms with Gasteiger partial charge in [-0.1, -0.05) is 18.2 Å². The number of piperidine rings is 1. The molecule has 1 aliphatic heterocycles. The number of benzene rings is 2. The van der Waals surface area contributed by atoms with E-state index in [1.54, 1.807) is 0 Å². The van der Waals surface area contributed by atoms with Crippen LogP contribution in [0.4, 0.5) is 0 Å². The smallest absolute Gasteiger partial charge is 0.132 e. The lowest BCUT2D eigenvalue weighted by Crippen LogP contribution is -2.39. The summed E-state index contributed by atoms with van der Waals surface area (Å²) >= 11 is 2.36. The van der Waals surface area contributed by atoms with E-state index in [9.17, 15) is 0 Å². The molecular formula is C24H26IN3O. The van der Waals surface area contributed by atoms with Crippen molar-refractivity contribution in [3.8, 4) is 11.4 Å². The number of para-hydroxylation sites is 1. The first-order chi connectivity index (χ1) is 14.2. The third kappa shape index (κ3) is 3.82. The second kappa shape index (κ2) is 8.11. The second-order valence-electron chi connectivity index (χ2n) is 8.26. The Morgan fingerprint density at radius 3 is 2.66 bits per heavy atom. The lowest BCUT2D eigenvalue weighted by Gasteiger charge is -2.40. The van der Waals surface area contributed by atoms with Crippen LogP contribution in [0, 0.1) is 9.49 Å². The molecule has 0 N–H and O–H groups in total. The first-order valence-electron chi connectivity index (χ1n) is 10.4. The third-order valence-electron chi connectivity index (χ3n) is 6.37. The fourth-order valence-electron chi connectivity index (χ4n) is 4.88. The number of rotatable bonds is 4. The molecule has 150 valence electrons. The van der Waals surface area contributed by atoms with Crippen LogP contribution >= 0.6 is 22.6 Å². The van der Waals surface area contributed by atoms with Crippen molar-refractivity contribution in [2.45, 2.75) is 31.8 Å². The molecule has 4 nitrogen and oxygen atoms in total. The monoisotopic (exact) mass is 499 g/mol. The molecule has 3 aromatic rings. The second-order valence-corrected chi connectivity index (χ2v) is 9.50. The quantitative estimate of drug-likeness (QED) is 0.472. The molecule has 29 heavy (non-hydrogen) atoms. The molecule has 5 heteroatoms. The standard InChI is InChI=1S/C24H26IN3O/c1-27-14-13-17-7-12-21-23(16-29-20-5-3-2-4-6-20)26-28(24(21)22(17)15-27)19-10-8-18(25)9-11-19/h2-6,8-11,17,22H,7,12-16H2,1H3. The van der Waals surface area contributed by atoms with Gasteiger partial charge < -0.3 is 9.64 Å². The average Bonchev–Trinajstić information content (AvgIpc) is 3.13. The SMILES string of the molecule is CN1CCC2CCc3c(COc4ccccc4)nn(-c4ccc(I)cc4)c3C2C1. The van der Waals surface area contributed by atoms with Gasteiger partial charge in [-0.05, 0) is 97.8 Å². The number of likely N-dealkylation sites (N-methyl/N-ethyl adjacent to an activating group) is 1. The molecule has 2 heterocycles. The van der Waals surface area contributed by atoms with Crippen LogP contribution in [-0.2, 0) is 13.0 Å². The minimum Gasteiger partial charge on any atom is -0.487 e. The number of fused-ring (bicyclic) bond motifs is 3. The molecule has 0 radical (unpaired) electrons. The molecule has 2 atom stereocenters. The number of likely N-dealkylation sites (tertiary alicyclic amines) is 1. The van der Waals surface area contributed by atoms with Crippen LogP contribution in [0.1, 0.15) is 35.7 Å². The first kappa shape index (κ1) is 19.1. The van der Waals surface area contributed by atoms with E-state index in [0.29, 0.717) is 12.5 Å². The summed E-state index contributed by atoms with van der Waals surface area (Å²) in [5.74, 6) is 2.21. The van der Waals surface area contributed by atoms with E-state index in [1.807, 2.05) is 30.3 Å². The zero-order valence-corrected chi connectivity index (χ0v) is 18.9. The van der Waals surface area contributed by atoms with Crippen molar-refractivity contribution >= 4 is 22.6 Å². The summed E-state index contributed by atoms with van der Waals surface area (Å²) in [5, 5.41) is 5.09. The highest BCUT2D eigenvalue weighted by Gasteiger charge is 2.38. The maximum absolute atomic E-state index is 6.10. The van der Waals surface area contributed by atoms with E-state index in [2.05, 4.69) is 63.5 Å². The molecule has 2 unspecified atom stereocenters. The Hall–Kier alpha value is -1.86. The molecular weight excluding hydrogens is 473 g/mol. The van der Waals surface area contributed by atoms with Gasteiger partial charge in [0.1, 0.15) is 18.1 Å². The molecule has 2 aromatic carbocycles. The minimum atomic E-state index is 0.525. The van der Waals surface area contributed by atoms with Crippen molar-refractivity contribution in [2.75, 3.05) is 20.1 Å². The van der Waals surface area contributed by atoms with Gasteiger partial charge in [0, 0.05) is 21.6 Å². The Kier molecular flexibility index (Phi) is 5.35. The van der Waals surface area contributed by atoms with E-state index in [1.165, 1.54) is 34.2 Å². The molecule has 0 bridgehead atoms. The lowest BCUT2D eigenvalue weighted by atomic mass is 9.74. The predicted octanol–water partition coefficient (Wildman–Crippen LogP) is 5.04. The lowest BCUT2D eigenvalue weighted by molar-refractivity contribution is 0.169. The van der Waals surface area contributed by atoms with E-state index in [-0.39, 0.29) is 0 Å². The molecule has 1 saturated heterocycles. The van der Waals surface area contributed by atoms with Crippen LogP contribution in [-0.4, -0.2) is 34.8 Å². The van der Waals surface area contributed by atoms with Gasteiger partial charge in [0.05, 0.1) is 11.4 Å². The van der Waals surface area contributed by atoms with Crippen molar-refractivity contribution in [1.29, 1.82) is 0 Å². The van der Waals surface area contributed by atoms with E-state index >= 15 is 0 Å². The Morgan fingerprint density at radius 2 is 1.86 bits per heavy atom.